The maximum atomic E-state index is 9.45. The molecule has 2 heteroatoms. The van der Waals surface area contributed by atoms with Gasteiger partial charge in [-0.25, -0.2) is 0 Å². The molecule has 0 amide bonds. The van der Waals surface area contributed by atoms with E-state index >= 15 is 0 Å². The van der Waals surface area contributed by atoms with Gasteiger partial charge in [0.2, 0.25) is 0 Å². The number of aliphatic hydroxyl groups is 1. The molecule has 0 aliphatic carbocycles. The summed E-state index contributed by atoms with van der Waals surface area (Å²) in [7, 11) is 0. The predicted molar refractivity (Wildman–Crippen MR) is 49.0 cm³/mol. The maximum Gasteiger partial charge on any atom is 0.0599 e. The van der Waals surface area contributed by atoms with Crippen LogP contribution in [0.4, 0.5) is 0 Å². The number of hydrogen-bond acceptors (Lipinski definition) is 2. The van der Waals surface area contributed by atoms with Crippen molar-refractivity contribution in [2.45, 2.75) is 44.3 Å². The van der Waals surface area contributed by atoms with Crippen molar-refractivity contribution >= 4 is 0 Å². The molecule has 2 nitrogen and oxygen atoms in total. The lowest BCUT2D eigenvalue weighted by Gasteiger charge is -2.24. The first-order valence-electron chi connectivity index (χ1n) is 4.73. The fraction of sp³-hybridized carbons (Fsp3) is 0.800. The Bertz CT molecular complexity index is 128. The third kappa shape index (κ3) is 3.37. The average Bonchev–Trinajstić information content (AvgIpc) is 2.06. The minimum atomic E-state index is -0.259. The summed E-state index contributed by atoms with van der Waals surface area (Å²) in [6.45, 7) is 4.46. The van der Waals surface area contributed by atoms with E-state index in [0.29, 0.717) is 6.42 Å². The number of aliphatic hydroxyl groups excluding tert-OH is 1. The van der Waals surface area contributed by atoms with Crippen LogP contribution in [0, 0.1) is 0 Å². The van der Waals surface area contributed by atoms with Gasteiger partial charge in [0.05, 0.1) is 12.2 Å². The Morgan fingerprint density at radius 3 is 3.00 bits per heavy atom. The molecule has 0 aromatic carbocycles. The van der Waals surface area contributed by atoms with Gasteiger partial charge in [-0.3, -0.25) is 0 Å². The summed E-state index contributed by atoms with van der Waals surface area (Å²) < 4.78 is 5.50. The molecule has 0 unspecified atom stereocenters. The van der Waals surface area contributed by atoms with E-state index in [-0.39, 0.29) is 12.2 Å². The first-order chi connectivity index (χ1) is 5.83. The normalized spacial score (nSPS) is 26.6. The van der Waals surface area contributed by atoms with E-state index in [9.17, 15) is 5.11 Å². The lowest BCUT2D eigenvalue weighted by atomic mass is 10.0. The van der Waals surface area contributed by atoms with E-state index in [1.54, 1.807) is 6.08 Å². The Hall–Kier alpha value is -0.340. The number of hydrogen-bond donors (Lipinski definition) is 1. The topological polar surface area (TPSA) is 29.5 Å². The van der Waals surface area contributed by atoms with Gasteiger partial charge < -0.3 is 9.84 Å². The summed E-state index contributed by atoms with van der Waals surface area (Å²) in [6, 6.07) is 0. The quantitative estimate of drug-likeness (QED) is 0.653. The molecule has 1 heterocycles. The molecule has 0 saturated carbocycles. The van der Waals surface area contributed by atoms with Gasteiger partial charge in [-0.05, 0) is 32.1 Å². The summed E-state index contributed by atoms with van der Waals surface area (Å²) in [5.41, 5.74) is 0. The van der Waals surface area contributed by atoms with E-state index < -0.39 is 0 Å². The molecule has 1 saturated heterocycles. The van der Waals surface area contributed by atoms with E-state index in [4.69, 9.17) is 4.74 Å². The highest BCUT2D eigenvalue weighted by molar-refractivity contribution is 4.76. The van der Waals surface area contributed by atoms with Crippen molar-refractivity contribution in [3.05, 3.63) is 12.7 Å². The van der Waals surface area contributed by atoms with Crippen LogP contribution in [0.5, 0.6) is 0 Å². The van der Waals surface area contributed by atoms with Gasteiger partial charge in [0, 0.05) is 6.61 Å². The van der Waals surface area contributed by atoms with E-state index in [1.165, 1.54) is 12.8 Å². The van der Waals surface area contributed by atoms with Gasteiger partial charge >= 0.3 is 0 Å². The Morgan fingerprint density at radius 2 is 2.42 bits per heavy atom. The summed E-state index contributed by atoms with van der Waals surface area (Å²) >= 11 is 0. The maximum absolute atomic E-state index is 9.45. The Kier molecular flexibility index (Phi) is 4.33. The van der Waals surface area contributed by atoms with Gasteiger partial charge in [0.1, 0.15) is 0 Å². The molecular weight excluding hydrogens is 152 g/mol. The van der Waals surface area contributed by atoms with Gasteiger partial charge in [0.25, 0.3) is 0 Å². The predicted octanol–water partition coefficient (Wildman–Crippen LogP) is 1.88. The molecule has 1 aliphatic rings. The molecule has 0 radical (unpaired) electrons. The summed E-state index contributed by atoms with van der Waals surface area (Å²) in [4.78, 5) is 0. The SMILES string of the molecule is C=CC[C@H](O)C[C@@H]1CCCCO1. The highest BCUT2D eigenvalue weighted by Crippen LogP contribution is 2.17. The largest absolute Gasteiger partial charge is 0.393 e. The molecule has 12 heavy (non-hydrogen) atoms. The van der Waals surface area contributed by atoms with Crippen molar-refractivity contribution in [2.24, 2.45) is 0 Å². The molecule has 0 bridgehead atoms. The lowest BCUT2D eigenvalue weighted by molar-refractivity contribution is -0.0143. The van der Waals surface area contributed by atoms with Crippen molar-refractivity contribution in [1.29, 1.82) is 0 Å². The van der Waals surface area contributed by atoms with Gasteiger partial charge in [-0.15, -0.1) is 6.58 Å². The van der Waals surface area contributed by atoms with Crippen molar-refractivity contribution in [3.63, 3.8) is 0 Å². The average molecular weight is 170 g/mol. The zero-order chi connectivity index (χ0) is 8.81. The Morgan fingerprint density at radius 1 is 1.58 bits per heavy atom. The van der Waals surface area contributed by atoms with Crippen LogP contribution in [-0.2, 0) is 4.74 Å². The summed E-state index contributed by atoms with van der Waals surface area (Å²) in [5.74, 6) is 0. The second-order valence-corrected chi connectivity index (χ2v) is 3.40. The van der Waals surface area contributed by atoms with Crippen LogP contribution < -0.4 is 0 Å². The van der Waals surface area contributed by atoms with Gasteiger partial charge in [0.15, 0.2) is 0 Å². The van der Waals surface area contributed by atoms with Crippen LogP contribution in [0.3, 0.4) is 0 Å². The molecule has 0 spiro atoms. The van der Waals surface area contributed by atoms with Crippen LogP contribution in [0.15, 0.2) is 12.7 Å². The second kappa shape index (κ2) is 5.33. The molecule has 70 valence electrons. The second-order valence-electron chi connectivity index (χ2n) is 3.40. The molecule has 1 fully saturated rings. The highest BCUT2D eigenvalue weighted by atomic mass is 16.5. The van der Waals surface area contributed by atoms with Crippen molar-refractivity contribution < 1.29 is 9.84 Å². The molecule has 1 aliphatic heterocycles. The number of rotatable bonds is 4. The monoisotopic (exact) mass is 170 g/mol. The fourth-order valence-electron chi connectivity index (χ4n) is 1.59. The zero-order valence-corrected chi connectivity index (χ0v) is 7.54. The fourth-order valence-corrected chi connectivity index (χ4v) is 1.59. The molecule has 0 aromatic heterocycles. The molecule has 2 atom stereocenters. The van der Waals surface area contributed by atoms with Gasteiger partial charge in [-0.2, -0.15) is 0 Å². The van der Waals surface area contributed by atoms with Gasteiger partial charge in [-0.1, -0.05) is 6.08 Å². The van der Waals surface area contributed by atoms with Crippen molar-refractivity contribution in [1.82, 2.24) is 0 Å². The van der Waals surface area contributed by atoms with Crippen LogP contribution in [0.25, 0.3) is 0 Å². The molecule has 0 aromatic rings. The van der Waals surface area contributed by atoms with Crippen LogP contribution in [0.2, 0.25) is 0 Å². The first kappa shape index (κ1) is 9.75. The molecule has 1 N–H and O–H groups in total. The summed E-state index contributed by atoms with van der Waals surface area (Å²) in [5, 5.41) is 9.45. The van der Waals surface area contributed by atoms with Crippen molar-refractivity contribution in [3.8, 4) is 0 Å². The Labute approximate surface area is 74.2 Å². The van der Waals surface area contributed by atoms with E-state index in [0.717, 1.165) is 19.4 Å². The highest BCUT2D eigenvalue weighted by Gasteiger charge is 2.16. The van der Waals surface area contributed by atoms with Crippen LogP contribution in [-0.4, -0.2) is 23.9 Å². The first-order valence-corrected chi connectivity index (χ1v) is 4.73. The summed E-state index contributed by atoms with van der Waals surface area (Å²) in [6.07, 6.45) is 6.76. The third-order valence-corrected chi connectivity index (χ3v) is 2.25. The Balaban J connectivity index is 2.15. The zero-order valence-electron chi connectivity index (χ0n) is 7.54. The number of ether oxygens (including phenoxy) is 1. The standard InChI is InChI=1S/C10H18O2/c1-2-5-9(11)8-10-6-3-4-7-12-10/h2,9-11H,1,3-8H2/t9-,10-/m0/s1. The smallest absolute Gasteiger partial charge is 0.0599 e. The molecule has 1 rings (SSSR count). The van der Waals surface area contributed by atoms with Crippen LogP contribution >= 0.6 is 0 Å². The lowest BCUT2D eigenvalue weighted by Crippen LogP contribution is -2.24. The minimum Gasteiger partial charge on any atom is -0.393 e. The molecular formula is C10H18O2. The third-order valence-electron chi connectivity index (χ3n) is 2.25. The van der Waals surface area contributed by atoms with Crippen molar-refractivity contribution in [2.75, 3.05) is 6.61 Å². The van der Waals surface area contributed by atoms with Crippen LogP contribution in [0.1, 0.15) is 32.1 Å². The van der Waals surface area contributed by atoms with E-state index in [2.05, 4.69) is 6.58 Å². The van der Waals surface area contributed by atoms with E-state index in [1.807, 2.05) is 0 Å². The minimum absolute atomic E-state index is 0.259.